The molecule has 6 heteroatoms. The van der Waals surface area contributed by atoms with Crippen LogP contribution in [0.3, 0.4) is 0 Å². The van der Waals surface area contributed by atoms with E-state index in [1.807, 2.05) is 0 Å². The predicted molar refractivity (Wildman–Crippen MR) is 63.7 cm³/mol. The van der Waals surface area contributed by atoms with Gasteiger partial charge in [0.1, 0.15) is 0 Å². The molecule has 1 atom stereocenters. The predicted octanol–water partition coefficient (Wildman–Crippen LogP) is 0.438. The molecule has 1 rings (SSSR count). The maximum Gasteiger partial charge on any atom is 0.303 e. The molecule has 0 fully saturated rings. The molecule has 0 aliphatic heterocycles. The van der Waals surface area contributed by atoms with Gasteiger partial charge in [0.25, 0.3) is 0 Å². The van der Waals surface area contributed by atoms with Crippen LogP contribution in [0.15, 0.2) is 24.5 Å². The van der Waals surface area contributed by atoms with E-state index in [1.165, 1.54) is 11.9 Å². The summed E-state index contributed by atoms with van der Waals surface area (Å²) in [5.41, 5.74) is 0.669. The normalized spacial score (nSPS) is 11.9. The first-order valence-electron chi connectivity index (χ1n) is 5.54. The lowest BCUT2D eigenvalue weighted by Crippen LogP contribution is -2.31. The Bertz CT molecular complexity index is 408. The van der Waals surface area contributed by atoms with E-state index in [0.29, 0.717) is 5.56 Å². The molecule has 1 amide bonds. The molecule has 18 heavy (non-hydrogen) atoms. The van der Waals surface area contributed by atoms with Gasteiger partial charge >= 0.3 is 5.97 Å². The Labute approximate surface area is 105 Å². The Morgan fingerprint density at radius 2 is 1.94 bits per heavy atom. The van der Waals surface area contributed by atoms with Gasteiger partial charge in [0.15, 0.2) is 0 Å². The molecule has 0 saturated heterocycles. The molecule has 0 bridgehead atoms. The zero-order valence-electron chi connectivity index (χ0n) is 10.1. The topological polar surface area (TPSA) is 90.7 Å². The third kappa shape index (κ3) is 4.50. The first-order chi connectivity index (χ1) is 8.50. The summed E-state index contributed by atoms with van der Waals surface area (Å²) in [5.74, 6) is -1.31. The lowest BCUT2D eigenvalue weighted by atomic mass is 10.1. The van der Waals surface area contributed by atoms with Crippen LogP contribution in [0.25, 0.3) is 0 Å². The molecule has 2 N–H and O–H groups in total. The number of carboxylic acid groups (broad SMARTS) is 1. The molecule has 1 aromatic heterocycles. The average molecular weight is 252 g/mol. The number of aliphatic hydroxyl groups is 1. The third-order valence-electron chi connectivity index (χ3n) is 2.52. The first kappa shape index (κ1) is 14.1. The van der Waals surface area contributed by atoms with Gasteiger partial charge in [-0.05, 0) is 17.7 Å². The van der Waals surface area contributed by atoms with Crippen molar-refractivity contribution in [3.8, 4) is 0 Å². The fourth-order valence-electron chi connectivity index (χ4n) is 1.46. The lowest BCUT2D eigenvalue weighted by Gasteiger charge is -2.20. The van der Waals surface area contributed by atoms with Crippen LogP contribution in [0.5, 0.6) is 0 Å². The second kappa shape index (κ2) is 6.70. The second-order valence-electron chi connectivity index (χ2n) is 3.96. The standard InChI is InChI=1S/C12H16N2O4/c1-14(11(16)2-3-12(17)18)8-10(15)9-4-6-13-7-5-9/h4-7,10,15H,2-3,8H2,1H3,(H,17,18). The van der Waals surface area contributed by atoms with Crippen LogP contribution in [-0.2, 0) is 9.59 Å². The van der Waals surface area contributed by atoms with Gasteiger partial charge in [0.2, 0.25) is 5.91 Å². The Morgan fingerprint density at radius 1 is 1.33 bits per heavy atom. The summed E-state index contributed by atoms with van der Waals surface area (Å²) in [6, 6.07) is 3.33. The van der Waals surface area contributed by atoms with Gasteiger partial charge < -0.3 is 15.1 Å². The molecule has 0 aliphatic carbocycles. The molecule has 0 spiro atoms. The van der Waals surface area contributed by atoms with Gasteiger partial charge in [0.05, 0.1) is 19.1 Å². The van der Waals surface area contributed by atoms with Crippen molar-refractivity contribution in [1.29, 1.82) is 0 Å². The van der Waals surface area contributed by atoms with E-state index in [4.69, 9.17) is 5.11 Å². The maximum absolute atomic E-state index is 11.6. The molecule has 1 aromatic rings. The number of carbonyl (C=O) groups is 2. The van der Waals surface area contributed by atoms with Crippen LogP contribution in [-0.4, -0.2) is 45.6 Å². The minimum absolute atomic E-state index is 0.0606. The molecule has 1 heterocycles. The van der Waals surface area contributed by atoms with Crippen molar-refractivity contribution in [3.05, 3.63) is 30.1 Å². The van der Waals surface area contributed by atoms with Crippen LogP contribution >= 0.6 is 0 Å². The molecular formula is C12H16N2O4. The average Bonchev–Trinajstić information content (AvgIpc) is 2.36. The molecule has 6 nitrogen and oxygen atoms in total. The largest absolute Gasteiger partial charge is 0.481 e. The van der Waals surface area contributed by atoms with E-state index in [2.05, 4.69) is 4.98 Å². The monoisotopic (exact) mass is 252 g/mol. The molecule has 0 aromatic carbocycles. The van der Waals surface area contributed by atoms with Crippen LogP contribution in [0, 0.1) is 0 Å². The van der Waals surface area contributed by atoms with Crippen molar-refractivity contribution in [1.82, 2.24) is 9.88 Å². The fraction of sp³-hybridized carbons (Fsp3) is 0.417. The maximum atomic E-state index is 11.6. The molecule has 0 radical (unpaired) electrons. The third-order valence-corrected chi connectivity index (χ3v) is 2.52. The zero-order chi connectivity index (χ0) is 13.5. The van der Waals surface area contributed by atoms with Crippen LogP contribution in [0.4, 0.5) is 0 Å². The van der Waals surface area contributed by atoms with Crippen LogP contribution < -0.4 is 0 Å². The highest BCUT2D eigenvalue weighted by atomic mass is 16.4. The van der Waals surface area contributed by atoms with Gasteiger partial charge in [-0.1, -0.05) is 0 Å². The number of likely N-dealkylation sites (N-methyl/N-ethyl adjacent to an activating group) is 1. The summed E-state index contributed by atoms with van der Waals surface area (Å²) >= 11 is 0. The fourth-order valence-corrected chi connectivity index (χ4v) is 1.46. The first-order valence-corrected chi connectivity index (χ1v) is 5.54. The van der Waals surface area contributed by atoms with E-state index in [1.54, 1.807) is 24.5 Å². The lowest BCUT2D eigenvalue weighted by molar-refractivity contribution is -0.140. The summed E-state index contributed by atoms with van der Waals surface area (Å²) < 4.78 is 0. The Balaban J connectivity index is 2.46. The van der Waals surface area contributed by atoms with Gasteiger partial charge in [-0.3, -0.25) is 14.6 Å². The Morgan fingerprint density at radius 3 is 2.50 bits per heavy atom. The highest BCUT2D eigenvalue weighted by Gasteiger charge is 2.15. The van der Waals surface area contributed by atoms with Crippen molar-refractivity contribution >= 4 is 11.9 Å². The number of nitrogens with zero attached hydrogens (tertiary/aromatic N) is 2. The number of aliphatic carboxylic acids is 1. The van der Waals surface area contributed by atoms with Gasteiger partial charge in [-0.2, -0.15) is 0 Å². The number of amides is 1. The van der Waals surface area contributed by atoms with Crippen LogP contribution in [0.2, 0.25) is 0 Å². The molecule has 1 unspecified atom stereocenters. The minimum Gasteiger partial charge on any atom is -0.481 e. The smallest absolute Gasteiger partial charge is 0.303 e. The van der Waals surface area contributed by atoms with Gasteiger partial charge in [-0.15, -0.1) is 0 Å². The minimum atomic E-state index is -1.01. The van der Waals surface area contributed by atoms with E-state index in [0.717, 1.165) is 0 Å². The van der Waals surface area contributed by atoms with E-state index < -0.39 is 12.1 Å². The summed E-state index contributed by atoms with van der Waals surface area (Å²) in [6.07, 6.45) is 2.06. The number of pyridine rings is 1. The number of carbonyl (C=O) groups excluding carboxylic acids is 1. The van der Waals surface area contributed by atoms with Crippen molar-refractivity contribution in [2.45, 2.75) is 18.9 Å². The zero-order valence-corrected chi connectivity index (χ0v) is 10.1. The summed E-state index contributed by atoms with van der Waals surface area (Å²) in [7, 11) is 1.54. The van der Waals surface area contributed by atoms with E-state index >= 15 is 0 Å². The Hall–Kier alpha value is -1.95. The second-order valence-corrected chi connectivity index (χ2v) is 3.96. The van der Waals surface area contributed by atoms with E-state index in [9.17, 15) is 14.7 Å². The van der Waals surface area contributed by atoms with E-state index in [-0.39, 0.29) is 25.3 Å². The number of carboxylic acids is 1. The van der Waals surface area contributed by atoms with Crippen molar-refractivity contribution < 1.29 is 19.8 Å². The number of aromatic nitrogens is 1. The molecule has 0 aliphatic rings. The van der Waals surface area contributed by atoms with Gasteiger partial charge in [0, 0.05) is 25.9 Å². The van der Waals surface area contributed by atoms with Gasteiger partial charge in [-0.25, -0.2) is 0 Å². The number of hydrogen-bond donors (Lipinski definition) is 2. The SMILES string of the molecule is CN(CC(O)c1ccncc1)C(=O)CCC(=O)O. The highest BCUT2D eigenvalue weighted by Crippen LogP contribution is 2.12. The van der Waals surface area contributed by atoms with Crippen molar-refractivity contribution in [2.24, 2.45) is 0 Å². The highest BCUT2D eigenvalue weighted by molar-refractivity contribution is 5.80. The summed E-state index contributed by atoms with van der Waals surface area (Å²) in [5, 5.41) is 18.4. The Kier molecular flexibility index (Phi) is 5.26. The summed E-state index contributed by atoms with van der Waals surface area (Å²) in [6.45, 7) is 0.127. The molecule has 98 valence electrons. The number of rotatable bonds is 6. The van der Waals surface area contributed by atoms with Crippen molar-refractivity contribution in [3.63, 3.8) is 0 Å². The quantitative estimate of drug-likeness (QED) is 0.766. The molecule has 0 saturated carbocycles. The molecular weight excluding hydrogens is 236 g/mol. The summed E-state index contributed by atoms with van der Waals surface area (Å²) in [4.78, 5) is 27.1. The number of hydrogen-bond acceptors (Lipinski definition) is 4. The van der Waals surface area contributed by atoms with Crippen molar-refractivity contribution in [2.75, 3.05) is 13.6 Å². The van der Waals surface area contributed by atoms with Crippen LogP contribution in [0.1, 0.15) is 24.5 Å². The number of aliphatic hydroxyl groups excluding tert-OH is 1.